The molecule has 2 aromatic rings. The first-order valence-corrected chi connectivity index (χ1v) is 9.18. The molecule has 2 aliphatic rings. The molecule has 6 heteroatoms. The summed E-state index contributed by atoms with van der Waals surface area (Å²) >= 11 is 0. The SMILES string of the molecule is O=C1COC2(COCCN(Cc3ccc(F)cc3)C2)CN1c1ccccc1. The van der Waals surface area contributed by atoms with Gasteiger partial charge >= 0.3 is 0 Å². The van der Waals surface area contributed by atoms with E-state index in [0.29, 0.717) is 32.8 Å². The smallest absolute Gasteiger partial charge is 0.253 e. The second kappa shape index (κ2) is 7.76. The van der Waals surface area contributed by atoms with Crippen molar-refractivity contribution in [3.8, 4) is 0 Å². The van der Waals surface area contributed by atoms with E-state index in [0.717, 1.165) is 17.8 Å². The lowest BCUT2D eigenvalue weighted by Crippen LogP contribution is -2.60. The van der Waals surface area contributed by atoms with Crippen LogP contribution in [0.2, 0.25) is 0 Å². The predicted octanol–water partition coefficient (Wildman–Crippen LogP) is 2.46. The first-order valence-electron chi connectivity index (χ1n) is 9.18. The Morgan fingerprint density at radius 2 is 1.81 bits per heavy atom. The lowest BCUT2D eigenvalue weighted by Gasteiger charge is -2.43. The van der Waals surface area contributed by atoms with Crippen LogP contribution < -0.4 is 4.90 Å². The largest absolute Gasteiger partial charge is 0.377 e. The number of hydrogen-bond acceptors (Lipinski definition) is 4. The zero-order valence-electron chi connectivity index (χ0n) is 15.1. The molecule has 2 aliphatic heterocycles. The van der Waals surface area contributed by atoms with Crippen molar-refractivity contribution in [3.05, 3.63) is 66.0 Å². The van der Waals surface area contributed by atoms with Gasteiger partial charge in [0, 0.05) is 25.3 Å². The van der Waals surface area contributed by atoms with E-state index >= 15 is 0 Å². The van der Waals surface area contributed by atoms with Crippen molar-refractivity contribution < 1.29 is 18.7 Å². The molecule has 0 radical (unpaired) electrons. The van der Waals surface area contributed by atoms with Crippen molar-refractivity contribution in [1.82, 2.24) is 4.90 Å². The third kappa shape index (κ3) is 4.18. The highest BCUT2D eigenvalue weighted by molar-refractivity contribution is 5.95. The van der Waals surface area contributed by atoms with Gasteiger partial charge in [0.05, 0.1) is 19.8 Å². The van der Waals surface area contributed by atoms with Crippen LogP contribution in [0.15, 0.2) is 54.6 Å². The van der Waals surface area contributed by atoms with Crippen molar-refractivity contribution >= 4 is 11.6 Å². The van der Waals surface area contributed by atoms with Gasteiger partial charge in [-0.3, -0.25) is 9.69 Å². The standard InChI is InChI=1S/C21H23FN2O3/c22-18-8-6-17(7-9-18)12-23-10-11-26-16-21(14-23)15-24(20(25)13-27-21)19-4-2-1-3-5-19/h1-9H,10-16H2. The average molecular weight is 370 g/mol. The zero-order chi connectivity index (χ0) is 18.7. The maximum atomic E-state index is 13.2. The predicted molar refractivity (Wildman–Crippen MR) is 100.0 cm³/mol. The monoisotopic (exact) mass is 370 g/mol. The van der Waals surface area contributed by atoms with E-state index in [-0.39, 0.29) is 18.3 Å². The summed E-state index contributed by atoms with van der Waals surface area (Å²) < 4.78 is 25.0. The number of hydrogen-bond donors (Lipinski definition) is 0. The van der Waals surface area contributed by atoms with Gasteiger partial charge in [0.2, 0.25) is 0 Å². The number of morpholine rings is 1. The maximum absolute atomic E-state index is 13.2. The van der Waals surface area contributed by atoms with Crippen LogP contribution >= 0.6 is 0 Å². The van der Waals surface area contributed by atoms with Crippen molar-refractivity contribution in [1.29, 1.82) is 0 Å². The van der Waals surface area contributed by atoms with Gasteiger partial charge in [0.15, 0.2) is 0 Å². The van der Waals surface area contributed by atoms with Crippen LogP contribution in [0, 0.1) is 5.82 Å². The molecule has 2 fully saturated rings. The van der Waals surface area contributed by atoms with Gasteiger partial charge in [0.25, 0.3) is 5.91 Å². The number of benzene rings is 2. The molecule has 0 bridgehead atoms. The molecule has 2 aromatic carbocycles. The van der Waals surface area contributed by atoms with E-state index in [1.807, 2.05) is 30.3 Å². The lowest BCUT2D eigenvalue weighted by molar-refractivity contribution is -0.146. The van der Waals surface area contributed by atoms with Gasteiger partial charge in [-0.25, -0.2) is 4.39 Å². The third-order valence-corrected chi connectivity index (χ3v) is 5.07. The summed E-state index contributed by atoms with van der Waals surface area (Å²) in [5, 5.41) is 0. The number of anilines is 1. The molecule has 2 saturated heterocycles. The van der Waals surface area contributed by atoms with Crippen molar-refractivity contribution in [3.63, 3.8) is 0 Å². The number of rotatable bonds is 3. The fourth-order valence-corrected chi connectivity index (χ4v) is 3.71. The highest BCUT2D eigenvalue weighted by Gasteiger charge is 2.43. The molecule has 2 heterocycles. The van der Waals surface area contributed by atoms with Gasteiger partial charge in [-0.15, -0.1) is 0 Å². The molecular formula is C21H23FN2O3. The molecule has 1 atom stereocenters. The molecule has 4 rings (SSSR count). The highest BCUT2D eigenvalue weighted by Crippen LogP contribution is 2.27. The molecule has 1 unspecified atom stereocenters. The summed E-state index contributed by atoms with van der Waals surface area (Å²) in [5.74, 6) is -0.275. The number of nitrogens with zero attached hydrogens (tertiary/aromatic N) is 2. The molecule has 5 nitrogen and oxygen atoms in total. The normalized spacial score (nSPS) is 24.2. The van der Waals surface area contributed by atoms with Crippen molar-refractivity contribution in [2.45, 2.75) is 12.1 Å². The molecule has 0 aliphatic carbocycles. The summed E-state index contributed by atoms with van der Waals surface area (Å²) in [6, 6.07) is 16.2. The first-order chi connectivity index (χ1) is 13.1. The van der Waals surface area contributed by atoms with E-state index in [2.05, 4.69) is 4.90 Å². The Bertz CT molecular complexity index is 784. The summed E-state index contributed by atoms with van der Waals surface area (Å²) in [4.78, 5) is 16.5. The fourth-order valence-electron chi connectivity index (χ4n) is 3.71. The van der Waals surface area contributed by atoms with E-state index in [9.17, 15) is 9.18 Å². The molecule has 0 N–H and O–H groups in total. The maximum Gasteiger partial charge on any atom is 0.253 e. The van der Waals surface area contributed by atoms with Gasteiger partial charge in [-0.1, -0.05) is 30.3 Å². The Morgan fingerprint density at radius 1 is 1.04 bits per heavy atom. The molecular weight excluding hydrogens is 347 g/mol. The van der Waals surface area contributed by atoms with Gasteiger partial charge in [0.1, 0.15) is 18.0 Å². The average Bonchev–Trinajstić information content (AvgIpc) is 2.89. The molecule has 1 amide bonds. The first kappa shape index (κ1) is 18.1. The van der Waals surface area contributed by atoms with Gasteiger partial charge in [-0.2, -0.15) is 0 Å². The Hall–Kier alpha value is -2.28. The molecule has 27 heavy (non-hydrogen) atoms. The second-order valence-corrected chi connectivity index (χ2v) is 7.18. The van der Waals surface area contributed by atoms with Crippen molar-refractivity contribution in [2.75, 3.05) is 44.4 Å². The number of amides is 1. The minimum atomic E-state index is -0.569. The molecule has 1 spiro atoms. The minimum absolute atomic E-state index is 0.0406. The Balaban J connectivity index is 1.52. The Labute approximate surface area is 158 Å². The number of carbonyl (C=O) groups is 1. The fraction of sp³-hybridized carbons (Fsp3) is 0.381. The number of carbonyl (C=O) groups excluding carboxylic acids is 1. The number of halogens is 1. The minimum Gasteiger partial charge on any atom is -0.377 e. The van der Waals surface area contributed by atoms with Gasteiger partial charge < -0.3 is 14.4 Å². The second-order valence-electron chi connectivity index (χ2n) is 7.18. The summed E-state index contributed by atoms with van der Waals surface area (Å²) in [6.07, 6.45) is 0. The summed E-state index contributed by atoms with van der Waals surface area (Å²) in [7, 11) is 0. The summed E-state index contributed by atoms with van der Waals surface area (Å²) in [6.45, 7) is 3.66. The van der Waals surface area contributed by atoms with E-state index < -0.39 is 5.60 Å². The van der Waals surface area contributed by atoms with Crippen LogP contribution in [-0.2, 0) is 20.8 Å². The third-order valence-electron chi connectivity index (χ3n) is 5.07. The Morgan fingerprint density at radius 3 is 2.59 bits per heavy atom. The van der Waals surface area contributed by atoms with Crippen LogP contribution in [-0.4, -0.2) is 55.9 Å². The van der Waals surface area contributed by atoms with Crippen LogP contribution in [0.5, 0.6) is 0 Å². The van der Waals surface area contributed by atoms with E-state index in [1.165, 1.54) is 12.1 Å². The quantitative estimate of drug-likeness (QED) is 0.832. The van der Waals surface area contributed by atoms with Crippen LogP contribution in [0.3, 0.4) is 0 Å². The molecule has 142 valence electrons. The number of ether oxygens (including phenoxy) is 2. The number of para-hydroxylation sites is 1. The molecule has 0 saturated carbocycles. The summed E-state index contributed by atoms with van der Waals surface area (Å²) in [5.41, 5.74) is 1.35. The Kier molecular flexibility index (Phi) is 5.20. The van der Waals surface area contributed by atoms with Crippen LogP contribution in [0.4, 0.5) is 10.1 Å². The highest BCUT2D eigenvalue weighted by atomic mass is 19.1. The topological polar surface area (TPSA) is 42.0 Å². The lowest BCUT2D eigenvalue weighted by atomic mass is 10.0. The van der Waals surface area contributed by atoms with E-state index in [1.54, 1.807) is 17.0 Å². The van der Waals surface area contributed by atoms with Crippen LogP contribution in [0.1, 0.15) is 5.56 Å². The van der Waals surface area contributed by atoms with E-state index in [4.69, 9.17) is 9.47 Å². The van der Waals surface area contributed by atoms with Gasteiger partial charge in [-0.05, 0) is 29.8 Å². The van der Waals surface area contributed by atoms with Crippen LogP contribution in [0.25, 0.3) is 0 Å². The zero-order valence-corrected chi connectivity index (χ0v) is 15.1. The van der Waals surface area contributed by atoms with Crippen molar-refractivity contribution in [2.24, 2.45) is 0 Å². The molecule has 0 aromatic heterocycles.